The summed E-state index contributed by atoms with van der Waals surface area (Å²) in [7, 11) is 0. The minimum absolute atomic E-state index is 0.101. The van der Waals surface area contributed by atoms with Gasteiger partial charge in [0, 0.05) is 22.8 Å². The first-order valence-electron chi connectivity index (χ1n) is 6.15. The highest BCUT2D eigenvalue weighted by Gasteiger charge is 2.20. The van der Waals surface area contributed by atoms with Crippen LogP contribution in [0.15, 0.2) is 42.1 Å². The summed E-state index contributed by atoms with van der Waals surface area (Å²) in [6.45, 7) is 7.18. The SMILES string of the molecule is C/C(=C\C(=O)c1ccccc1)NNC(=O)C(C)(C)C. The number of carbonyl (C=O) groups is 2. The molecule has 1 aromatic rings. The molecule has 4 nitrogen and oxygen atoms in total. The van der Waals surface area contributed by atoms with E-state index in [1.54, 1.807) is 19.1 Å². The molecule has 0 aliphatic carbocycles. The highest BCUT2D eigenvalue weighted by molar-refractivity contribution is 6.04. The molecule has 1 aromatic carbocycles. The molecule has 0 fully saturated rings. The number of benzene rings is 1. The molecule has 0 unspecified atom stereocenters. The summed E-state index contributed by atoms with van der Waals surface area (Å²) >= 11 is 0. The second-order valence-corrected chi connectivity index (χ2v) is 5.39. The summed E-state index contributed by atoms with van der Waals surface area (Å²) < 4.78 is 0. The molecule has 0 radical (unpaired) electrons. The van der Waals surface area contributed by atoms with Gasteiger partial charge in [-0.2, -0.15) is 0 Å². The van der Waals surface area contributed by atoms with E-state index < -0.39 is 5.41 Å². The van der Waals surface area contributed by atoms with Crippen molar-refractivity contribution >= 4 is 11.7 Å². The summed E-state index contributed by atoms with van der Waals surface area (Å²) in [5.41, 5.74) is 6.03. The Morgan fingerprint density at radius 1 is 1.05 bits per heavy atom. The Hall–Kier alpha value is -2.10. The first-order valence-corrected chi connectivity index (χ1v) is 6.15. The smallest absolute Gasteiger partial charge is 0.243 e. The molecule has 0 aliphatic heterocycles. The third-order valence-corrected chi connectivity index (χ3v) is 2.46. The van der Waals surface area contributed by atoms with Crippen LogP contribution in [0.3, 0.4) is 0 Å². The lowest BCUT2D eigenvalue weighted by Gasteiger charge is -2.18. The number of rotatable bonds is 4. The first-order chi connectivity index (χ1) is 8.80. The second-order valence-electron chi connectivity index (χ2n) is 5.39. The first kappa shape index (κ1) is 15.0. The van der Waals surface area contributed by atoms with E-state index >= 15 is 0 Å². The summed E-state index contributed by atoms with van der Waals surface area (Å²) in [4.78, 5) is 23.5. The van der Waals surface area contributed by atoms with Gasteiger partial charge in [-0.15, -0.1) is 0 Å². The number of carbonyl (C=O) groups excluding carboxylic acids is 2. The molecule has 0 heterocycles. The van der Waals surface area contributed by atoms with Crippen LogP contribution in [-0.4, -0.2) is 11.7 Å². The zero-order valence-corrected chi connectivity index (χ0v) is 11.8. The van der Waals surface area contributed by atoms with Crippen LogP contribution < -0.4 is 10.9 Å². The lowest BCUT2D eigenvalue weighted by molar-refractivity contribution is -0.129. The Morgan fingerprint density at radius 2 is 1.63 bits per heavy atom. The molecule has 0 bridgehead atoms. The van der Waals surface area contributed by atoms with Gasteiger partial charge in [0.15, 0.2) is 5.78 Å². The number of hydrazine groups is 1. The van der Waals surface area contributed by atoms with Crippen molar-refractivity contribution in [1.29, 1.82) is 0 Å². The highest BCUT2D eigenvalue weighted by atomic mass is 16.2. The summed E-state index contributed by atoms with van der Waals surface area (Å²) in [6, 6.07) is 8.98. The molecule has 4 heteroatoms. The van der Waals surface area contributed by atoms with Crippen LogP contribution in [0.5, 0.6) is 0 Å². The van der Waals surface area contributed by atoms with Crippen molar-refractivity contribution in [2.24, 2.45) is 5.41 Å². The Bertz CT molecular complexity index is 485. The van der Waals surface area contributed by atoms with Gasteiger partial charge in [0.2, 0.25) is 5.91 Å². The van der Waals surface area contributed by atoms with Crippen LogP contribution in [0.4, 0.5) is 0 Å². The predicted octanol–water partition coefficient (Wildman–Crippen LogP) is 2.44. The Balaban J connectivity index is 2.59. The normalized spacial score (nSPS) is 11.9. The van der Waals surface area contributed by atoms with Gasteiger partial charge in [-0.25, -0.2) is 0 Å². The van der Waals surface area contributed by atoms with E-state index in [4.69, 9.17) is 0 Å². The van der Waals surface area contributed by atoms with Gasteiger partial charge in [-0.05, 0) is 6.92 Å². The maximum absolute atomic E-state index is 11.9. The molecule has 19 heavy (non-hydrogen) atoms. The molecular weight excluding hydrogens is 240 g/mol. The number of allylic oxidation sites excluding steroid dienone is 2. The molecule has 0 aromatic heterocycles. The topological polar surface area (TPSA) is 58.2 Å². The fourth-order valence-corrected chi connectivity index (χ4v) is 1.26. The van der Waals surface area contributed by atoms with Crippen molar-refractivity contribution in [2.45, 2.75) is 27.7 Å². The average molecular weight is 260 g/mol. The maximum atomic E-state index is 11.9. The largest absolute Gasteiger partial charge is 0.303 e. The van der Waals surface area contributed by atoms with Crippen LogP contribution in [0.25, 0.3) is 0 Å². The van der Waals surface area contributed by atoms with Crippen LogP contribution in [0, 0.1) is 5.41 Å². The number of amides is 1. The van der Waals surface area contributed by atoms with E-state index in [0.717, 1.165) is 0 Å². The van der Waals surface area contributed by atoms with Crippen LogP contribution in [0.1, 0.15) is 38.1 Å². The van der Waals surface area contributed by atoms with Crippen molar-refractivity contribution in [3.05, 3.63) is 47.7 Å². The van der Waals surface area contributed by atoms with E-state index in [2.05, 4.69) is 10.9 Å². The molecule has 0 saturated heterocycles. The van der Waals surface area contributed by atoms with Crippen molar-refractivity contribution in [3.8, 4) is 0 Å². The molecule has 2 N–H and O–H groups in total. The fourth-order valence-electron chi connectivity index (χ4n) is 1.26. The van der Waals surface area contributed by atoms with Crippen molar-refractivity contribution in [2.75, 3.05) is 0 Å². The highest BCUT2D eigenvalue weighted by Crippen LogP contribution is 2.11. The second kappa shape index (κ2) is 6.18. The van der Waals surface area contributed by atoms with E-state index in [0.29, 0.717) is 11.3 Å². The van der Waals surface area contributed by atoms with E-state index in [-0.39, 0.29) is 11.7 Å². The maximum Gasteiger partial charge on any atom is 0.243 e. The third kappa shape index (κ3) is 4.95. The summed E-state index contributed by atoms with van der Waals surface area (Å²) in [5.74, 6) is -0.233. The number of hydrogen-bond acceptors (Lipinski definition) is 3. The molecule has 0 atom stereocenters. The zero-order valence-electron chi connectivity index (χ0n) is 11.8. The van der Waals surface area contributed by atoms with Crippen molar-refractivity contribution in [3.63, 3.8) is 0 Å². The molecule has 0 spiro atoms. The van der Waals surface area contributed by atoms with Crippen LogP contribution in [0.2, 0.25) is 0 Å². The van der Waals surface area contributed by atoms with Gasteiger partial charge >= 0.3 is 0 Å². The molecule has 0 saturated carbocycles. The minimum Gasteiger partial charge on any atom is -0.303 e. The fraction of sp³-hybridized carbons (Fsp3) is 0.333. The monoisotopic (exact) mass is 260 g/mol. The van der Waals surface area contributed by atoms with Crippen LogP contribution in [-0.2, 0) is 4.79 Å². The standard InChI is InChI=1S/C15H20N2O2/c1-11(16-17-14(19)15(2,3)4)10-13(18)12-8-6-5-7-9-12/h5-10,16H,1-4H3,(H,17,19)/b11-10+. The van der Waals surface area contributed by atoms with Gasteiger partial charge in [0.25, 0.3) is 0 Å². The van der Waals surface area contributed by atoms with Gasteiger partial charge in [-0.3, -0.25) is 15.0 Å². The quantitative estimate of drug-likeness (QED) is 0.496. The van der Waals surface area contributed by atoms with Gasteiger partial charge in [-0.1, -0.05) is 51.1 Å². The predicted molar refractivity (Wildman–Crippen MR) is 75.3 cm³/mol. The number of ketones is 1. The molecule has 0 aliphatic rings. The number of nitrogens with one attached hydrogen (secondary N) is 2. The Labute approximate surface area is 113 Å². The number of hydrogen-bond donors (Lipinski definition) is 2. The van der Waals surface area contributed by atoms with E-state index in [9.17, 15) is 9.59 Å². The van der Waals surface area contributed by atoms with Gasteiger partial charge < -0.3 is 5.43 Å². The lowest BCUT2D eigenvalue weighted by Crippen LogP contribution is -2.43. The molecular formula is C15H20N2O2. The Morgan fingerprint density at radius 3 is 2.16 bits per heavy atom. The third-order valence-electron chi connectivity index (χ3n) is 2.46. The molecule has 1 rings (SSSR count). The van der Waals surface area contributed by atoms with Gasteiger partial charge in [0.05, 0.1) is 0 Å². The van der Waals surface area contributed by atoms with Crippen molar-refractivity contribution < 1.29 is 9.59 Å². The average Bonchev–Trinajstić information content (AvgIpc) is 2.35. The van der Waals surface area contributed by atoms with E-state index in [1.807, 2.05) is 39.0 Å². The lowest BCUT2D eigenvalue weighted by atomic mass is 9.96. The minimum atomic E-state index is -0.475. The van der Waals surface area contributed by atoms with Crippen molar-refractivity contribution in [1.82, 2.24) is 10.9 Å². The zero-order chi connectivity index (χ0) is 14.5. The summed E-state index contributed by atoms with van der Waals surface area (Å²) in [5, 5.41) is 0. The molecule has 102 valence electrons. The Kier molecular flexibility index (Phi) is 4.87. The molecule has 1 amide bonds. The van der Waals surface area contributed by atoms with E-state index in [1.165, 1.54) is 6.08 Å². The van der Waals surface area contributed by atoms with Gasteiger partial charge in [0.1, 0.15) is 0 Å². The van der Waals surface area contributed by atoms with Crippen LogP contribution >= 0.6 is 0 Å². The summed E-state index contributed by atoms with van der Waals surface area (Å²) in [6.07, 6.45) is 1.46.